The zero-order chi connectivity index (χ0) is 18.9. The van der Waals surface area contributed by atoms with Crippen LogP contribution in [0, 0.1) is 0 Å². The van der Waals surface area contributed by atoms with Crippen LogP contribution in [0.15, 0.2) is 47.4 Å². The summed E-state index contributed by atoms with van der Waals surface area (Å²) in [4.78, 5) is 14.1. The fourth-order valence-corrected chi connectivity index (χ4v) is 4.99. The van der Waals surface area contributed by atoms with E-state index in [4.69, 9.17) is 0 Å². The van der Waals surface area contributed by atoms with Crippen molar-refractivity contribution in [2.45, 2.75) is 49.8 Å². The Hall–Kier alpha value is -2.34. The second-order valence-corrected chi connectivity index (χ2v) is 8.97. The summed E-state index contributed by atoms with van der Waals surface area (Å²) in [6.07, 6.45) is 6.76. The first-order chi connectivity index (χ1) is 13.0. The van der Waals surface area contributed by atoms with Crippen LogP contribution in [0.25, 0.3) is 0 Å². The van der Waals surface area contributed by atoms with Gasteiger partial charge in [-0.15, -0.1) is 0 Å². The molecule has 1 aliphatic heterocycles. The summed E-state index contributed by atoms with van der Waals surface area (Å²) in [5.41, 5.74) is 3.72. The molecular formula is C21H24N2O3S. The SMILES string of the molecule is O=C1CCCCN1c1ccc(NS(=O)(=O)c2ccc3c(c2)CCCC3)cc1. The van der Waals surface area contributed by atoms with Crippen molar-refractivity contribution in [3.05, 3.63) is 53.6 Å². The van der Waals surface area contributed by atoms with Crippen molar-refractivity contribution >= 4 is 27.3 Å². The van der Waals surface area contributed by atoms with Gasteiger partial charge in [0.15, 0.2) is 0 Å². The molecule has 0 unspecified atom stereocenters. The number of nitrogens with zero attached hydrogens (tertiary/aromatic N) is 1. The van der Waals surface area contributed by atoms with E-state index in [1.54, 1.807) is 41.3 Å². The van der Waals surface area contributed by atoms with Crippen molar-refractivity contribution in [3.63, 3.8) is 0 Å². The zero-order valence-corrected chi connectivity index (χ0v) is 16.1. The van der Waals surface area contributed by atoms with Gasteiger partial charge in [0, 0.05) is 24.3 Å². The van der Waals surface area contributed by atoms with Gasteiger partial charge in [-0.2, -0.15) is 0 Å². The smallest absolute Gasteiger partial charge is 0.261 e. The number of sulfonamides is 1. The molecule has 1 fully saturated rings. The number of hydrogen-bond acceptors (Lipinski definition) is 3. The van der Waals surface area contributed by atoms with Gasteiger partial charge in [0.05, 0.1) is 4.90 Å². The highest BCUT2D eigenvalue weighted by molar-refractivity contribution is 7.92. The highest BCUT2D eigenvalue weighted by Crippen LogP contribution is 2.27. The lowest BCUT2D eigenvalue weighted by atomic mass is 9.92. The van der Waals surface area contributed by atoms with Crippen LogP contribution < -0.4 is 9.62 Å². The first-order valence-corrected chi connectivity index (χ1v) is 11.1. The molecule has 0 bridgehead atoms. The molecule has 27 heavy (non-hydrogen) atoms. The van der Waals surface area contributed by atoms with Crippen molar-refractivity contribution in [2.75, 3.05) is 16.2 Å². The summed E-state index contributed by atoms with van der Waals surface area (Å²) in [7, 11) is -3.63. The van der Waals surface area contributed by atoms with Crippen molar-refractivity contribution in [3.8, 4) is 0 Å². The molecule has 6 heteroatoms. The van der Waals surface area contributed by atoms with Gasteiger partial charge in [-0.1, -0.05) is 6.07 Å². The number of amides is 1. The molecule has 0 aromatic heterocycles. The topological polar surface area (TPSA) is 66.5 Å². The summed E-state index contributed by atoms with van der Waals surface area (Å²) < 4.78 is 28.2. The number of aryl methyl sites for hydroxylation is 2. The molecule has 142 valence electrons. The third kappa shape index (κ3) is 3.86. The van der Waals surface area contributed by atoms with Crippen LogP contribution in [0.3, 0.4) is 0 Å². The molecule has 2 aromatic rings. The van der Waals surface area contributed by atoms with Crippen LogP contribution in [0.4, 0.5) is 11.4 Å². The maximum Gasteiger partial charge on any atom is 0.261 e. The predicted molar refractivity (Wildman–Crippen MR) is 107 cm³/mol. The Morgan fingerprint density at radius 1 is 0.815 bits per heavy atom. The number of nitrogens with one attached hydrogen (secondary N) is 1. The van der Waals surface area contributed by atoms with Gasteiger partial charge in [0.2, 0.25) is 5.91 Å². The fraction of sp³-hybridized carbons (Fsp3) is 0.381. The Kier molecular flexibility index (Phi) is 4.91. The van der Waals surface area contributed by atoms with E-state index >= 15 is 0 Å². The van der Waals surface area contributed by atoms with E-state index in [1.165, 1.54) is 12.0 Å². The van der Waals surface area contributed by atoms with Crippen molar-refractivity contribution < 1.29 is 13.2 Å². The number of rotatable bonds is 4. The molecule has 0 spiro atoms. The van der Waals surface area contributed by atoms with Crippen LogP contribution in [0.5, 0.6) is 0 Å². The quantitative estimate of drug-likeness (QED) is 0.870. The van der Waals surface area contributed by atoms with E-state index in [0.29, 0.717) is 17.0 Å². The standard InChI is InChI=1S/C21H24N2O3S/c24-21-7-3-4-14-23(21)19-11-9-18(10-12-19)22-27(25,26)20-13-8-16-5-1-2-6-17(16)15-20/h8-13,15,22H,1-7,14H2. The lowest BCUT2D eigenvalue weighted by Gasteiger charge is -2.26. The molecule has 4 rings (SSSR count). The highest BCUT2D eigenvalue weighted by atomic mass is 32.2. The number of hydrogen-bond donors (Lipinski definition) is 1. The number of carbonyl (C=O) groups excluding carboxylic acids is 1. The van der Waals surface area contributed by atoms with Gasteiger partial charge in [0.1, 0.15) is 0 Å². The van der Waals surface area contributed by atoms with E-state index in [0.717, 1.165) is 49.9 Å². The number of fused-ring (bicyclic) bond motifs is 1. The van der Waals surface area contributed by atoms with Crippen LogP contribution in [-0.4, -0.2) is 20.9 Å². The summed E-state index contributed by atoms with van der Waals surface area (Å²) in [5, 5.41) is 0. The van der Waals surface area contributed by atoms with E-state index in [9.17, 15) is 13.2 Å². The Morgan fingerprint density at radius 2 is 1.52 bits per heavy atom. The maximum absolute atomic E-state index is 12.8. The number of piperidine rings is 1. The average Bonchev–Trinajstić information content (AvgIpc) is 2.68. The molecule has 1 saturated heterocycles. The first-order valence-electron chi connectivity index (χ1n) is 9.58. The molecule has 5 nitrogen and oxygen atoms in total. The van der Waals surface area contributed by atoms with E-state index in [1.807, 2.05) is 6.07 Å². The molecule has 0 saturated carbocycles. The molecule has 1 amide bonds. The van der Waals surface area contributed by atoms with Gasteiger partial charge in [-0.25, -0.2) is 8.42 Å². The van der Waals surface area contributed by atoms with Crippen LogP contribution in [0.1, 0.15) is 43.2 Å². The van der Waals surface area contributed by atoms with E-state index in [2.05, 4.69) is 4.72 Å². The van der Waals surface area contributed by atoms with Gasteiger partial charge in [0.25, 0.3) is 10.0 Å². The third-order valence-electron chi connectivity index (χ3n) is 5.38. The second kappa shape index (κ2) is 7.35. The Balaban J connectivity index is 1.52. The largest absolute Gasteiger partial charge is 0.312 e. The predicted octanol–water partition coefficient (Wildman–Crippen LogP) is 3.88. The van der Waals surface area contributed by atoms with Crippen LogP contribution >= 0.6 is 0 Å². The molecular weight excluding hydrogens is 360 g/mol. The second-order valence-electron chi connectivity index (χ2n) is 7.29. The first kappa shape index (κ1) is 18.0. The minimum absolute atomic E-state index is 0.128. The number of carbonyl (C=O) groups is 1. The summed E-state index contributed by atoms with van der Waals surface area (Å²) in [5.74, 6) is 0.128. The lowest BCUT2D eigenvalue weighted by molar-refractivity contribution is -0.119. The normalized spacial score (nSPS) is 17.5. The third-order valence-corrected chi connectivity index (χ3v) is 6.76. The monoisotopic (exact) mass is 384 g/mol. The molecule has 1 N–H and O–H groups in total. The van der Waals surface area contributed by atoms with Crippen molar-refractivity contribution in [1.82, 2.24) is 0 Å². The minimum atomic E-state index is -3.63. The van der Waals surface area contributed by atoms with E-state index < -0.39 is 10.0 Å². The van der Waals surface area contributed by atoms with Crippen LogP contribution in [0.2, 0.25) is 0 Å². The highest BCUT2D eigenvalue weighted by Gasteiger charge is 2.21. The molecule has 0 atom stereocenters. The number of anilines is 2. The zero-order valence-electron chi connectivity index (χ0n) is 15.3. The van der Waals surface area contributed by atoms with Crippen LogP contribution in [-0.2, 0) is 27.7 Å². The van der Waals surface area contributed by atoms with Gasteiger partial charge in [-0.3, -0.25) is 9.52 Å². The lowest BCUT2D eigenvalue weighted by Crippen LogP contribution is -2.35. The Morgan fingerprint density at radius 3 is 2.26 bits per heavy atom. The van der Waals surface area contributed by atoms with E-state index in [-0.39, 0.29) is 5.91 Å². The van der Waals surface area contributed by atoms with Crippen molar-refractivity contribution in [1.29, 1.82) is 0 Å². The van der Waals surface area contributed by atoms with Gasteiger partial charge in [-0.05, 0) is 86.1 Å². The molecule has 1 aliphatic carbocycles. The number of benzene rings is 2. The summed E-state index contributed by atoms with van der Waals surface area (Å²) >= 11 is 0. The summed E-state index contributed by atoms with van der Waals surface area (Å²) in [6.45, 7) is 0.721. The molecule has 2 aliphatic rings. The maximum atomic E-state index is 12.8. The average molecular weight is 385 g/mol. The molecule has 0 radical (unpaired) electrons. The fourth-order valence-electron chi connectivity index (χ4n) is 3.88. The molecule has 2 aromatic carbocycles. The minimum Gasteiger partial charge on any atom is -0.312 e. The van der Waals surface area contributed by atoms with Gasteiger partial charge < -0.3 is 4.90 Å². The Bertz CT molecular complexity index is 952. The van der Waals surface area contributed by atoms with Gasteiger partial charge >= 0.3 is 0 Å². The molecule has 1 heterocycles. The summed E-state index contributed by atoms with van der Waals surface area (Å²) in [6, 6.07) is 12.5. The van der Waals surface area contributed by atoms with Crippen molar-refractivity contribution in [2.24, 2.45) is 0 Å². The Labute approximate surface area is 160 Å².